The number of nitrogens with zero attached hydrogens (tertiary/aromatic N) is 3. The van der Waals surface area contributed by atoms with Crippen molar-refractivity contribution in [1.82, 2.24) is 0 Å². The fourth-order valence-electron chi connectivity index (χ4n) is 1.38. The molecule has 0 atom stereocenters. The van der Waals surface area contributed by atoms with Crippen molar-refractivity contribution in [2.24, 2.45) is 0 Å². The normalized spacial score (nSPS) is 8.33. The number of para-hydroxylation sites is 1. The number of nitriles is 3. The van der Waals surface area contributed by atoms with E-state index in [1.165, 1.54) is 0 Å². The van der Waals surface area contributed by atoms with Crippen molar-refractivity contribution in [3.8, 4) is 18.2 Å². The van der Waals surface area contributed by atoms with Gasteiger partial charge in [0.1, 0.15) is 23.9 Å². The molecule has 0 amide bonds. The lowest BCUT2D eigenvalue weighted by molar-refractivity contribution is 1.36. The predicted octanol–water partition coefficient (Wildman–Crippen LogP) is 2.96. The first kappa shape index (κ1) is 13.0. The van der Waals surface area contributed by atoms with Crippen LogP contribution in [-0.2, 0) is 0 Å². The van der Waals surface area contributed by atoms with Crippen molar-refractivity contribution in [1.29, 1.82) is 15.8 Å². The molecule has 0 unspecified atom stereocenters. The van der Waals surface area contributed by atoms with Crippen LogP contribution in [0.1, 0.15) is 12.5 Å². The molecule has 0 fully saturated rings. The summed E-state index contributed by atoms with van der Waals surface area (Å²) in [5, 5.41) is 29.2. The summed E-state index contributed by atoms with van der Waals surface area (Å²) < 4.78 is 0. The molecule has 0 radical (unpaired) electrons. The minimum atomic E-state index is -0.242. The molecule has 4 nitrogen and oxygen atoms in total. The molecule has 86 valence electrons. The SMILES string of the molecule is C=C(C)c1ccccc1NC(C#N)=C(C#N)C#N. The van der Waals surface area contributed by atoms with Crippen molar-refractivity contribution in [3.05, 3.63) is 47.7 Å². The van der Waals surface area contributed by atoms with Gasteiger partial charge in [-0.1, -0.05) is 24.8 Å². The van der Waals surface area contributed by atoms with Crippen molar-refractivity contribution in [2.75, 3.05) is 5.32 Å². The van der Waals surface area contributed by atoms with E-state index in [1.54, 1.807) is 24.3 Å². The predicted molar refractivity (Wildman–Crippen MR) is 68.6 cm³/mol. The lowest BCUT2D eigenvalue weighted by Gasteiger charge is -2.10. The van der Waals surface area contributed by atoms with Gasteiger partial charge in [0.05, 0.1) is 0 Å². The van der Waals surface area contributed by atoms with Crippen LogP contribution in [0.4, 0.5) is 5.69 Å². The average molecular weight is 234 g/mol. The lowest BCUT2D eigenvalue weighted by atomic mass is 10.1. The number of nitrogens with one attached hydrogen (secondary N) is 1. The van der Waals surface area contributed by atoms with E-state index in [4.69, 9.17) is 15.8 Å². The molecular formula is C14H10N4. The Morgan fingerprint density at radius 2 is 1.72 bits per heavy atom. The van der Waals surface area contributed by atoms with Gasteiger partial charge in [-0.25, -0.2) is 0 Å². The van der Waals surface area contributed by atoms with Crippen molar-refractivity contribution in [3.63, 3.8) is 0 Å². The van der Waals surface area contributed by atoms with Crippen molar-refractivity contribution >= 4 is 11.3 Å². The van der Waals surface area contributed by atoms with Crippen LogP contribution < -0.4 is 5.32 Å². The van der Waals surface area contributed by atoms with Gasteiger partial charge in [0.2, 0.25) is 0 Å². The number of hydrogen-bond donors (Lipinski definition) is 1. The van der Waals surface area contributed by atoms with E-state index in [-0.39, 0.29) is 11.3 Å². The molecule has 0 aliphatic rings. The first-order valence-electron chi connectivity index (χ1n) is 5.10. The van der Waals surface area contributed by atoms with E-state index in [0.29, 0.717) is 5.69 Å². The highest BCUT2D eigenvalue weighted by molar-refractivity contribution is 5.76. The molecule has 0 heterocycles. The molecule has 1 N–H and O–H groups in total. The van der Waals surface area contributed by atoms with Crippen LogP contribution in [0, 0.1) is 34.0 Å². The van der Waals surface area contributed by atoms with Gasteiger partial charge in [0.25, 0.3) is 0 Å². The smallest absolute Gasteiger partial charge is 0.163 e. The molecule has 0 spiro atoms. The summed E-state index contributed by atoms with van der Waals surface area (Å²) in [6.07, 6.45) is 0. The topological polar surface area (TPSA) is 83.4 Å². The second kappa shape index (κ2) is 5.89. The summed E-state index contributed by atoms with van der Waals surface area (Å²) in [5.74, 6) is 0. The summed E-state index contributed by atoms with van der Waals surface area (Å²) in [6, 6.07) is 12.4. The average Bonchev–Trinajstić information content (AvgIpc) is 2.39. The molecule has 1 rings (SSSR count). The highest BCUT2D eigenvalue weighted by atomic mass is 14.9. The first-order chi connectivity index (χ1) is 8.63. The number of hydrogen-bond acceptors (Lipinski definition) is 4. The van der Waals surface area contributed by atoms with Crippen LogP contribution in [0.15, 0.2) is 42.1 Å². The zero-order valence-corrected chi connectivity index (χ0v) is 9.86. The molecule has 0 aliphatic carbocycles. The van der Waals surface area contributed by atoms with Crippen molar-refractivity contribution in [2.45, 2.75) is 6.92 Å². The Kier molecular flexibility index (Phi) is 4.27. The van der Waals surface area contributed by atoms with Crippen LogP contribution >= 0.6 is 0 Å². The van der Waals surface area contributed by atoms with E-state index in [0.717, 1.165) is 11.1 Å². The van der Waals surface area contributed by atoms with Gasteiger partial charge in [-0.15, -0.1) is 0 Å². The molecule has 0 saturated carbocycles. The molecule has 1 aromatic carbocycles. The Bertz CT molecular complexity index is 617. The van der Waals surface area contributed by atoms with Crippen LogP contribution in [-0.4, -0.2) is 0 Å². The van der Waals surface area contributed by atoms with E-state index in [9.17, 15) is 0 Å². The third-order valence-electron chi connectivity index (χ3n) is 2.23. The van der Waals surface area contributed by atoms with Gasteiger partial charge in [-0.2, -0.15) is 15.8 Å². The largest absolute Gasteiger partial charge is 0.345 e. The Morgan fingerprint density at radius 1 is 1.11 bits per heavy atom. The van der Waals surface area contributed by atoms with Gasteiger partial charge in [0, 0.05) is 11.3 Å². The first-order valence-corrected chi connectivity index (χ1v) is 5.10. The summed E-state index contributed by atoms with van der Waals surface area (Å²) in [4.78, 5) is 0. The minimum absolute atomic E-state index is 0.0614. The highest BCUT2D eigenvalue weighted by Crippen LogP contribution is 2.23. The number of benzene rings is 1. The molecular weight excluding hydrogens is 224 g/mol. The molecule has 0 aliphatic heterocycles. The maximum atomic E-state index is 8.95. The third-order valence-corrected chi connectivity index (χ3v) is 2.23. The van der Waals surface area contributed by atoms with Crippen LogP contribution in [0.3, 0.4) is 0 Å². The second-order valence-electron chi connectivity index (χ2n) is 3.54. The molecule has 0 aromatic heterocycles. The van der Waals surface area contributed by atoms with E-state index < -0.39 is 0 Å². The van der Waals surface area contributed by atoms with Gasteiger partial charge in [0.15, 0.2) is 5.57 Å². The zero-order valence-electron chi connectivity index (χ0n) is 9.86. The maximum Gasteiger partial charge on any atom is 0.163 e. The fourth-order valence-corrected chi connectivity index (χ4v) is 1.38. The van der Waals surface area contributed by atoms with E-state index in [1.807, 2.05) is 25.1 Å². The Morgan fingerprint density at radius 3 is 2.22 bits per heavy atom. The summed E-state index contributed by atoms with van der Waals surface area (Å²) >= 11 is 0. The second-order valence-corrected chi connectivity index (χ2v) is 3.54. The lowest BCUT2D eigenvalue weighted by Crippen LogP contribution is -2.02. The molecule has 1 aromatic rings. The van der Waals surface area contributed by atoms with E-state index in [2.05, 4.69) is 11.9 Å². The fraction of sp³-hybridized carbons (Fsp3) is 0.0714. The van der Waals surface area contributed by atoms with Crippen LogP contribution in [0.2, 0.25) is 0 Å². The van der Waals surface area contributed by atoms with Crippen LogP contribution in [0.5, 0.6) is 0 Å². The summed E-state index contributed by atoms with van der Waals surface area (Å²) in [6.45, 7) is 5.67. The Labute approximate surface area is 106 Å². The summed E-state index contributed by atoms with van der Waals surface area (Å²) in [5.41, 5.74) is 2.00. The number of allylic oxidation sites excluding steroid dienone is 3. The van der Waals surface area contributed by atoms with Gasteiger partial charge in [-0.3, -0.25) is 0 Å². The van der Waals surface area contributed by atoms with Gasteiger partial charge >= 0.3 is 0 Å². The number of anilines is 1. The molecule has 18 heavy (non-hydrogen) atoms. The standard InChI is InChI=1S/C14H10N4/c1-10(2)12-5-3-4-6-13(12)18-14(9-17)11(7-15)8-16/h3-6,18H,1H2,2H3. The Balaban J connectivity index is 3.26. The molecule has 0 bridgehead atoms. The number of rotatable bonds is 3. The van der Waals surface area contributed by atoms with Crippen LogP contribution in [0.25, 0.3) is 5.57 Å². The third kappa shape index (κ3) is 2.76. The highest BCUT2D eigenvalue weighted by Gasteiger charge is 2.08. The quantitative estimate of drug-likeness (QED) is 0.815. The maximum absolute atomic E-state index is 8.95. The molecule has 0 saturated heterocycles. The minimum Gasteiger partial charge on any atom is -0.345 e. The van der Waals surface area contributed by atoms with Gasteiger partial charge in [-0.05, 0) is 18.6 Å². The summed E-state index contributed by atoms with van der Waals surface area (Å²) in [7, 11) is 0. The monoisotopic (exact) mass is 234 g/mol. The van der Waals surface area contributed by atoms with Crippen molar-refractivity contribution < 1.29 is 0 Å². The Hall–Kier alpha value is -3.03. The van der Waals surface area contributed by atoms with Gasteiger partial charge < -0.3 is 5.32 Å². The van der Waals surface area contributed by atoms with E-state index >= 15 is 0 Å². The molecule has 4 heteroatoms. The zero-order chi connectivity index (χ0) is 13.5.